The third-order valence-corrected chi connectivity index (χ3v) is 5.43. The topological polar surface area (TPSA) is 72.2 Å². The van der Waals surface area contributed by atoms with E-state index in [1.54, 1.807) is 24.3 Å². The standard InChI is InChI=1S/C14H22N2O2S/c1-14(9-5-2-6-10-14)11-16-19(17,18)13-8-4-3-7-12(13)15/h3-4,7-8,16H,2,5-6,9-11,15H2,1H3. The molecule has 106 valence electrons. The normalized spacial score (nSPS) is 19.2. The van der Waals surface area contributed by atoms with Gasteiger partial charge in [0.15, 0.2) is 0 Å². The van der Waals surface area contributed by atoms with E-state index >= 15 is 0 Å². The van der Waals surface area contributed by atoms with Crippen LogP contribution in [0.1, 0.15) is 39.0 Å². The average molecular weight is 282 g/mol. The van der Waals surface area contributed by atoms with Crippen molar-refractivity contribution >= 4 is 15.7 Å². The lowest BCUT2D eigenvalue weighted by atomic mass is 9.76. The Labute approximate surface area is 115 Å². The van der Waals surface area contributed by atoms with Crippen LogP contribution in [0.4, 0.5) is 5.69 Å². The lowest BCUT2D eigenvalue weighted by Crippen LogP contribution is -2.37. The van der Waals surface area contributed by atoms with Crippen molar-refractivity contribution < 1.29 is 8.42 Å². The fraction of sp³-hybridized carbons (Fsp3) is 0.571. The summed E-state index contributed by atoms with van der Waals surface area (Å²) in [5.41, 5.74) is 6.10. The van der Waals surface area contributed by atoms with Gasteiger partial charge in [-0.3, -0.25) is 0 Å². The third-order valence-electron chi connectivity index (χ3n) is 3.96. The minimum absolute atomic E-state index is 0.0782. The monoisotopic (exact) mass is 282 g/mol. The lowest BCUT2D eigenvalue weighted by Gasteiger charge is -2.33. The summed E-state index contributed by atoms with van der Waals surface area (Å²) >= 11 is 0. The van der Waals surface area contributed by atoms with E-state index in [0.717, 1.165) is 12.8 Å². The molecule has 0 aliphatic heterocycles. The maximum absolute atomic E-state index is 12.2. The molecule has 1 aromatic carbocycles. The molecule has 0 radical (unpaired) electrons. The summed E-state index contributed by atoms with van der Waals surface area (Å²) in [5, 5.41) is 0. The van der Waals surface area contributed by atoms with Crippen LogP contribution in [0.5, 0.6) is 0 Å². The van der Waals surface area contributed by atoms with Crippen molar-refractivity contribution in [1.29, 1.82) is 0 Å². The second kappa shape index (κ2) is 5.51. The Kier molecular flexibility index (Phi) is 4.16. The van der Waals surface area contributed by atoms with Gasteiger partial charge in [-0.15, -0.1) is 0 Å². The smallest absolute Gasteiger partial charge is 0.242 e. The highest BCUT2D eigenvalue weighted by molar-refractivity contribution is 7.89. The lowest BCUT2D eigenvalue weighted by molar-refractivity contribution is 0.219. The maximum Gasteiger partial charge on any atom is 0.242 e. The molecule has 19 heavy (non-hydrogen) atoms. The number of hydrogen-bond donors (Lipinski definition) is 2. The SMILES string of the molecule is CC1(CNS(=O)(=O)c2ccccc2N)CCCCC1. The molecule has 1 aromatic rings. The number of anilines is 1. The first kappa shape index (κ1) is 14.3. The Balaban J connectivity index is 2.08. The van der Waals surface area contributed by atoms with Gasteiger partial charge in [0.05, 0.1) is 5.69 Å². The predicted octanol–water partition coefficient (Wildman–Crippen LogP) is 2.52. The largest absolute Gasteiger partial charge is 0.398 e. The molecule has 1 aliphatic rings. The average Bonchev–Trinajstić information content (AvgIpc) is 2.38. The molecule has 0 atom stereocenters. The number of para-hydroxylation sites is 1. The Hall–Kier alpha value is -1.07. The highest BCUT2D eigenvalue weighted by Gasteiger charge is 2.29. The van der Waals surface area contributed by atoms with Crippen LogP contribution in [0.25, 0.3) is 0 Å². The molecule has 1 saturated carbocycles. The highest BCUT2D eigenvalue weighted by Crippen LogP contribution is 2.35. The van der Waals surface area contributed by atoms with E-state index < -0.39 is 10.0 Å². The molecule has 0 unspecified atom stereocenters. The molecular weight excluding hydrogens is 260 g/mol. The summed E-state index contributed by atoms with van der Waals surface area (Å²) in [6.45, 7) is 2.65. The highest BCUT2D eigenvalue weighted by atomic mass is 32.2. The molecule has 4 nitrogen and oxygen atoms in total. The van der Waals surface area contributed by atoms with E-state index in [-0.39, 0.29) is 10.3 Å². The fourth-order valence-electron chi connectivity index (χ4n) is 2.65. The second-order valence-corrected chi connectivity index (χ2v) is 7.47. The van der Waals surface area contributed by atoms with Crippen LogP contribution in [0.15, 0.2) is 29.2 Å². The summed E-state index contributed by atoms with van der Waals surface area (Å²) in [6, 6.07) is 6.57. The van der Waals surface area contributed by atoms with Gasteiger partial charge in [0.1, 0.15) is 4.90 Å². The Morgan fingerprint density at radius 3 is 2.47 bits per heavy atom. The van der Waals surface area contributed by atoms with Crippen molar-refractivity contribution in [1.82, 2.24) is 4.72 Å². The van der Waals surface area contributed by atoms with Crippen LogP contribution in [0.2, 0.25) is 0 Å². The van der Waals surface area contributed by atoms with Crippen LogP contribution < -0.4 is 10.5 Å². The van der Waals surface area contributed by atoms with E-state index in [2.05, 4.69) is 11.6 Å². The Bertz CT molecular complexity index is 534. The van der Waals surface area contributed by atoms with Gasteiger partial charge in [-0.1, -0.05) is 38.3 Å². The third kappa shape index (κ3) is 3.48. The number of hydrogen-bond acceptors (Lipinski definition) is 3. The number of nitrogens with one attached hydrogen (secondary N) is 1. The van der Waals surface area contributed by atoms with Crippen molar-refractivity contribution in [2.24, 2.45) is 5.41 Å². The predicted molar refractivity (Wildman–Crippen MR) is 77.2 cm³/mol. The molecule has 3 N–H and O–H groups in total. The zero-order valence-corrected chi connectivity index (χ0v) is 12.2. The second-order valence-electron chi connectivity index (χ2n) is 5.73. The van der Waals surface area contributed by atoms with E-state index in [1.807, 2.05) is 0 Å². The maximum atomic E-state index is 12.2. The Morgan fingerprint density at radius 2 is 1.84 bits per heavy atom. The van der Waals surface area contributed by atoms with Gasteiger partial charge in [-0.2, -0.15) is 0 Å². The summed E-state index contributed by atoms with van der Waals surface area (Å²) in [6.07, 6.45) is 5.80. The van der Waals surface area contributed by atoms with Crippen molar-refractivity contribution in [2.75, 3.05) is 12.3 Å². The van der Waals surface area contributed by atoms with Gasteiger partial charge in [0.25, 0.3) is 0 Å². The van der Waals surface area contributed by atoms with Crippen LogP contribution in [0.3, 0.4) is 0 Å². The molecule has 5 heteroatoms. The first-order valence-electron chi connectivity index (χ1n) is 6.77. The van der Waals surface area contributed by atoms with Crippen molar-refractivity contribution in [3.8, 4) is 0 Å². The minimum Gasteiger partial charge on any atom is -0.398 e. The zero-order chi connectivity index (χ0) is 13.9. The number of rotatable bonds is 4. The van der Waals surface area contributed by atoms with Crippen molar-refractivity contribution in [2.45, 2.75) is 43.9 Å². The van der Waals surface area contributed by atoms with Gasteiger partial charge in [-0.05, 0) is 30.4 Å². The van der Waals surface area contributed by atoms with Gasteiger partial charge in [0.2, 0.25) is 10.0 Å². The van der Waals surface area contributed by atoms with Crippen LogP contribution >= 0.6 is 0 Å². The van der Waals surface area contributed by atoms with E-state index in [0.29, 0.717) is 12.2 Å². The van der Waals surface area contributed by atoms with Gasteiger partial charge < -0.3 is 5.73 Å². The van der Waals surface area contributed by atoms with Crippen molar-refractivity contribution in [3.63, 3.8) is 0 Å². The number of nitrogen functional groups attached to an aromatic ring is 1. The molecule has 0 saturated heterocycles. The molecule has 1 fully saturated rings. The summed E-state index contributed by atoms with van der Waals surface area (Å²) in [4.78, 5) is 0.175. The van der Waals surface area contributed by atoms with E-state index in [1.165, 1.54) is 19.3 Å². The van der Waals surface area contributed by atoms with E-state index in [9.17, 15) is 8.42 Å². The van der Waals surface area contributed by atoms with E-state index in [4.69, 9.17) is 5.73 Å². The molecule has 0 aromatic heterocycles. The summed E-state index contributed by atoms with van der Waals surface area (Å²) < 4.78 is 27.2. The zero-order valence-electron chi connectivity index (χ0n) is 11.4. The molecule has 2 rings (SSSR count). The fourth-order valence-corrected chi connectivity index (χ4v) is 3.98. The summed E-state index contributed by atoms with van der Waals surface area (Å²) in [7, 11) is -3.50. The first-order valence-corrected chi connectivity index (χ1v) is 8.25. The summed E-state index contributed by atoms with van der Waals surface area (Å²) in [5.74, 6) is 0. The van der Waals surface area contributed by atoms with Gasteiger partial charge in [0, 0.05) is 6.54 Å². The molecule has 0 heterocycles. The number of nitrogens with two attached hydrogens (primary N) is 1. The first-order chi connectivity index (χ1) is 8.93. The van der Waals surface area contributed by atoms with Crippen molar-refractivity contribution in [3.05, 3.63) is 24.3 Å². The quantitative estimate of drug-likeness (QED) is 0.833. The van der Waals surface area contributed by atoms with Crippen LogP contribution in [-0.2, 0) is 10.0 Å². The Morgan fingerprint density at radius 1 is 1.21 bits per heavy atom. The van der Waals surface area contributed by atoms with Crippen LogP contribution in [0, 0.1) is 5.41 Å². The molecule has 0 bridgehead atoms. The van der Waals surface area contributed by atoms with Gasteiger partial charge >= 0.3 is 0 Å². The van der Waals surface area contributed by atoms with Gasteiger partial charge in [-0.25, -0.2) is 13.1 Å². The molecule has 0 spiro atoms. The molecule has 1 aliphatic carbocycles. The minimum atomic E-state index is -3.50. The molecule has 0 amide bonds. The van der Waals surface area contributed by atoms with Crippen LogP contribution in [-0.4, -0.2) is 15.0 Å². The molecular formula is C14H22N2O2S. The number of sulfonamides is 1. The number of benzene rings is 1.